The van der Waals surface area contributed by atoms with E-state index in [-0.39, 0.29) is 24.9 Å². The van der Waals surface area contributed by atoms with Gasteiger partial charge >= 0.3 is 5.97 Å². The minimum Gasteiger partial charge on any atom is -0.480 e. The number of rotatable bonds is 7. The van der Waals surface area contributed by atoms with Gasteiger partial charge in [0.25, 0.3) is 0 Å². The first-order valence-electron chi connectivity index (χ1n) is 7.85. The van der Waals surface area contributed by atoms with Gasteiger partial charge < -0.3 is 14.4 Å². The summed E-state index contributed by atoms with van der Waals surface area (Å²) < 4.78 is 5.65. The van der Waals surface area contributed by atoms with Crippen molar-refractivity contribution in [1.29, 1.82) is 0 Å². The van der Waals surface area contributed by atoms with Crippen molar-refractivity contribution in [1.82, 2.24) is 9.88 Å². The number of carboxylic acid groups (broad SMARTS) is 1. The van der Waals surface area contributed by atoms with Crippen molar-refractivity contribution in [2.45, 2.75) is 31.7 Å². The molecule has 0 aliphatic heterocycles. The smallest absolute Gasteiger partial charge is 0.323 e. The Morgan fingerprint density at radius 2 is 2.08 bits per heavy atom. The second-order valence-corrected chi connectivity index (χ2v) is 6.73. The van der Waals surface area contributed by atoms with Gasteiger partial charge in [0.05, 0.1) is 11.2 Å². The molecule has 8 heteroatoms. The number of halogens is 2. The van der Waals surface area contributed by atoms with Gasteiger partial charge in [-0.05, 0) is 31.0 Å². The third-order valence-electron chi connectivity index (χ3n) is 3.92. The first-order valence-corrected chi connectivity index (χ1v) is 8.61. The van der Waals surface area contributed by atoms with Crippen molar-refractivity contribution in [3.63, 3.8) is 0 Å². The summed E-state index contributed by atoms with van der Waals surface area (Å²) in [5, 5.41) is 9.90. The summed E-state index contributed by atoms with van der Waals surface area (Å²) in [4.78, 5) is 28.7. The normalized spacial score (nSPS) is 13.7. The van der Waals surface area contributed by atoms with Crippen LogP contribution in [-0.4, -0.2) is 39.5 Å². The number of oxazole rings is 1. The maximum atomic E-state index is 12.3. The van der Waals surface area contributed by atoms with E-state index in [4.69, 9.17) is 32.7 Å². The molecule has 1 aromatic carbocycles. The number of aromatic nitrogens is 1. The second kappa shape index (κ2) is 7.45. The van der Waals surface area contributed by atoms with Gasteiger partial charge in [0.1, 0.15) is 6.54 Å². The lowest BCUT2D eigenvalue weighted by Gasteiger charge is -2.19. The fraction of sp³-hybridized carbons (Fsp3) is 0.353. The number of aryl methyl sites for hydroxylation is 1. The van der Waals surface area contributed by atoms with Crippen LogP contribution >= 0.6 is 23.2 Å². The van der Waals surface area contributed by atoms with Crippen LogP contribution in [0.5, 0.6) is 0 Å². The van der Waals surface area contributed by atoms with Crippen LogP contribution in [-0.2, 0) is 16.0 Å². The van der Waals surface area contributed by atoms with E-state index < -0.39 is 5.97 Å². The van der Waals surface area contributed by atoms with Crippen molar-refractivity contribution in [2.24, 2.45) is 0 Å². The molecule has 1 saturated carbocycles. The topological polar surface area (TPSA) is 83.6 Å². The number of amides is 1. The molecule has 0 atom stereocenters. The number of nitrogens with zero attached hydrogens (tertiary/aromatic N) is 2. The summed E-state index contributed by atoms with van der Waals surface area (Å²) >= 11 is 12.0. The van der Waals surface area contributed by atoms with E-state index in [1.807, 2.05) is 0 Å². The Balaban J connectivity index is 1.63. The average molecular weight is 383 g/mol. The van der Waals surface area contributed by atoms with E-state index in [1.165, 1.54) is 4.90 Å². The third-order valence-corrected chi connectivity index (χ3v) is 4.46. The Hall–Kier alpha value is -2.05. The van der Waals surface area contributed by atoms with Gasteiger partial charge in [-0.2, -0.15) is 0 Å². The molecule has 132 valence electrons. The quantitative estimate of drug-likeness (QED) is 0.789. The van der Waals surface area contributed by atoms with Crippen LogP contribution in [0.2, 0.25) is 10.0 Å². The minimum absolute atomic E-state index is 0.0524. The van der Waals surface area contributed by atoms with Crippen molar-refractivity contribution in [3.8, 4) is 11.3 Å². The fourth-order valence-corrected chi connectivity index (χ4v) is 3.05. The van der Waals surface area contributed by atoms with E-state index in [0.717, 1.165) is 12.8 Å². The summed E-state index contributed by atoms with van der Waals surface area (Å²) in [6.45, 7) is -0.263. The SMILES string of the molecule is O=C(O)CN(C(=O)CCc1ncc(-c2ccc(Cl)cc2Cl)o1)C1CC1. The predicted molar refractivity (Wildman–Crippen MR) is 92.7 cm³/mol. The molecule has 0 bridgehead atoms. The molecular formula is C17H16Cl2N2O4. The number of benzene rings is 1. The molecule has 1 N–H and O–H groups in total. The Kier molecular flexibility index (Phi) is 5.30. The second-order valence-electron chi connectivity index (χ2n) is 5.89. The predicted octanol–water partition coefficient (Wildman–Crippen LogP) is 3.66. The molecular weight excluding hydrogens is 367 g/mol. The molecule has 1 aliphatic rings. The zero-order valence-electron chi connectivity index (χ0n) is 13.2. The van der Waals surface area contributed by atoms with E-state index in [2.05, 4.69) is 4.98 Å². The van der Waals surface area contributed by atoms with E-state index >= 15 is 0 Å². The Morgan fingerprint density at radius 1 is 1.32 bits per heavy atom. The number of carbonyl (C=O) groups excluding carboxylic acids is 1. The first-order chi connectivity index (χ1) is 11.9. The number of hydrogen-bond donors (Lipinski definition) is 1. The van der Waals surface area contributed by atoms with Gasteiger partial charge in [-0.1, -0.05) is 23.2 Å². The van der Waals surface area contributed by atoms with E-state index in [0.29, 0.717) is 33.7 Å². The molecule has 1 heterocycles. The number of carbonyl (C=O) groups is 2. The van der Waals surface area contributed by atoms with Gasteiger partial charge in [0, 0.05) is 29.5 Å². The van der Waals surface area contributed by atoms with Crippen molar-refractivity contribution >= 4 is 35.1 Å². The molecule has 0 radical (unpaired) electrons. The van der Waals surface area contributed by atoms with Crippen LogP contribution in [0.4, 0.5) is 0 Å². The Bertz CT molecular complexity index is 802. The first kappa shape index (κ1) is 17.8. The Labute approximate surface area is 154 Å². The molecule has 0 saturated heterocycles. The van der Waals surface area contributed by atoms with Crippen molar-refractivity contribution in [2.75, 3.05) is 6.54 Å². The van der Waals surface area contributed by atoms with Crippen LogP contribution in [0.1, 0.15) is 25.2 Å². The van der Waals surface area contributed by atoms with Crippen LogP contribution in [0.15, 0.2) is 28.8 Å². The molecule has 25 heavy (non-hydrogen) atoms. The van der Waals surface area contributed by atoms with Gasteiger partial charge in [-0.3, -0.25) is 9.59 Å². The molecule has 0 spiro atoms. The van der Waals surface area contributed by atoms with E-state index in [9.17, 15) is 9.59 Å². The molecule has 1 aromatic heterocycles. The minimum atomic E-state index is -1.00. The van der Waals surface area contributed by atoms with Gasteiger partial charge in [0.15, 0.2) is 11.7 Å². The Morgan fingerprint density at radius 3 is 2.72 bits per heavy atom. The van der Waals surface area contributed by atoms with Crippen LogP contribution in [0.25, 0.3) is 11.3 Å². The number of carboxylic acids is 1. The molecule has 1 amide bonds. The van der Waals surface area contributed by atoms with Crippen LogP contribution in [0, 0.1) is 0 Å². The average Bonchev–Trinajstić information content (AvgIpc) is 3.29. The lowest BCUT2D eigenvalue weighted by atomic mass is 10.2. The summed E-state index contributed by atoms with van der Waals surface area (Å²) in [5.41, 5.74) is 0.668. The van der Waals surface area contributed by atoms with Crippen molar-refractivity contribution in [3.05, 3.63) is 40.3 Å². The van der Waals surface area contributed by atoms with Gasteiger partial charge in [-0.15, -0.1) is 0 Å². The highest BCUT2D eigenvalue weighted by Crippen LogP contribution is 2.31. The summed E-state index contributed by atoms with van der Waals surface area (Å²) in [5.74, 6) is -0.306. The number of hydrogen-bond acceptors (Lipinski definition) is 4. The highest BCUT2D eigenvalue weighted by molar-refractivity contribution is 6.36. The monoisotopic (exact) mass is 382 g/mol. The highest BCUT2D eigenvalue weighted by Gasteiger charge is 2.33. The molecule has 1 fully saturated rings. The zero-order chi connectivity index (χ0) is 18.0. The van der Waals surface area contributed by atoms with Gasteiger partial charge in [-0.25, -0.2) is 4.98 Å². The summed E-state index contributed by atoms with van der Waals surface area (Å²) in [6.07, 6.45) is 3.71. The fourth-order valence-electron chi connectivity index (χ4n) is 2.55. The summed E-state index contributed by atoms with van der Waals surface area (Å²) in [6, 6.07) is 5.11. The molecule has 1 aliphatic carbocycles. The maximum absolute atomic E-state index is 12.3. The molecule has 0 unspecified atom stereocenters. The van der Waals surface area contributed by atoms with Crippen LogP contribution < -0.4 is 0 Å². The molecule has 2 aromatic rings. The zero-order valence-corrected chi connectivity index (χ0v) is 14.8. The highest BCUT2D eigenvalue weighted by atomic mass is 35.5. The molecule has 6 nitrogen and oxygen atoms in total. The van der Waals surface area contributed by atoms with Crippen LogP contribution in [0.3, 0.4) is 0 Å². The lowest BCUT2D eigenvalue weighted by Crippen LogP contribution is -2.37. The third kappa shape index (κ3) is 4.52. The van der Waals surface area contributed by atoms with Gasteiger partial charge in [0.2, 0.25) is 5.91 Å². The lowest BCUT2D eigenvalue weighted by molar-refractivity contribution is -0.144. The van der Waals surface area contributed by atoms with Crippen molar-refractivity contribution < 1.29 is 19.1 Å². The summed E-state index contributed by atoms with van der Waals surface area (Å²) in [7, 11) is 0. The maximum Gasteiger partial charge on any atom is 0.323 e. The standard InChI is InChI=1S/C17H16Cl2N2O4/c18-10-1-4-12(13(19)7-10)14-8-20-15(25-14)5-6-16(22)21(9-17(23)24)11-2-3-11/h1,4,7-8,11H,2-3,5-6,9H2,(H,23,24). The molecule has 3 rings (SSSR count). The largest absolute Gasteiger partial charge is 0.480 e. The van der Waals surface area contributed by atoms with E-state index in [1.54, 1.807) is 24.4 Å². The number of aliphatic carboxylic acids is 1.